The Morgan fingerprint density at radius 2 is 1.90 bits per heavy atom. The zero-order valence-electron chi connectivity index (χ0n) is 17.5. The summed E-state index contributed by atoms with van der Waals surface area (Å²) in [4.78, 5) is 32.8. The largest absolute Gasteiger partial charge is 0.393 e. The molecule has 1 fully saturated rings. The number of aryl methyl sites for hydroxylation is 1. The standard InChI is InChI=1S/C21H27FN6O3/c1-3-16-19(25-11-4-7-13(29)8-5-11)28-20(17(27-16)18(23)30)26-12-6-9-15(22)14(10-12)21(31)24-2/h6,9-11,13,29H,3-5,7-8H2,1-2H3,(H2,23,30)(H,24,31)(H2,25,26,28)/t11-,13-. The lowest BCUT2D eigenvalue weighted by atomic mass is 9.93. The molecule has 2 amide bonds. The van der Waals surface area contributed by atoms with Crippen LogP contribution in [0, 0.1) is 5.82 Å². The number of aromatic nitrogens is 2. The quantitative estimate of drug-likeness (QED) is 0.453. The van der Waals surface area contributed by atoms with Gasteiger partial charge in [-0.05, 0) is 50.3 Å². The van der Waals surface area contributed by atoms with E-state index in [4.69, 9.17) is 5.73 Å². The SMILES string of the molecule is CCc1nc(C(N)=O)c(Nc2ccc(F)c(C(=O)NC)c2)nc1N[C@H]1CC[C@H](O)CC1. The van der Waals surface area contributed by atoms with Crippen molar-refractivity contribution in [2.75, 3.05) is 17.7 Å². The summed E-state index contributed by atoms with van der Waals surface area (Å²) in [6, 6.07) is 4.03. The Kier molecular flexibility index (Phi) is 7.01. The number of nitrogens with one attached hydrogen (secondary N) is 3. The number of benzene rings is 1. The smallest absolute Gasteiger partial charge is 0.271 e. The number of nitrogens with zero attached hydrogens (tertiary/aromatic N) is 2. The van der Waals surface area contributed by atoms with Crippen LogP contribution in [0.1, 0.15) is 59.1 Å². The second kappa shape index (κ2) is 9.69. The van der Waals surface area contributed by atoms with E-state index in [0.29, 0.717) is 36.5 Å². The lowest BCUT2D eigenvalue weighted by Crippen LogP contribution is -2.29. The number of anilines is 3. The van der Waals surface area contributed by atoms with Crippen LogP contribution in [-0.2, 0) is 6.42 Å². The predicted molar refractivity (Wildman–Crippen MR) is 115 cm³/mol. The Hall–Kier alpha value is -3.27. The third kappa shape index (κ3) is 5.26. The number of aliphatic hydroxyl groups excluding tert-OH is 1. The first-order valence-corrected chi connectivity index (χ1v) is 10.3. The number of nitrogens with two attached hydrogens (primary N) is 1. The summed E-state index contributed by atoms with van der Waals surface area (Å²) < 4.78 is 14.0. The van der Waals surface area contributed by atoms with E-state index in [1.807, 2.05) is 6.92 Å². The van der Waals surface area contributed by atoms with Crippen LogP contribution < -0.4 is 21.7 Å². The van der Waals surface area contributed by atoms with Gasteiger partial charge in [-0.15, -0.1) is 0 Å². The monoisotopic (exact) mass is 430 g/mol. The number of carbonyl (C=O) groups is 2. The van der Waals surface area contributed by atoms with Crippen molar-refractivity contribution >= 4 is 29.1 Å². The lowest BCUT2D eigenvalue weighted by molar-refractivity contribution is 0.0957. The van der Waals surface area contributed by atoms with E-state index >= 15 is 0 Å². The van der Waals surface area contributed by atoms with Crippen LogP contribution in [-0.4, -0.2) is 46.1 Å². The number of amides is 2. The Morgan fingerprint density at radius 3 is 2.52 bits per heavy atom. The highest BCUT2D eigenvalue weighted by Crippen LogP contribution is 2.27. The summed E-state index contributed by atoms with van der Waals surface area (Å²) in [5.74, 6) is -1.38. The Morgan fingerprint density at radius 1 is 1.19 bits per heavy atom. The van der Waals surface area contributed by atoms with Crippen LogP contribution in [0.15, 0.2) is 18.2 Å². The van der Waals surface area contributed by atoms with Crippen LogP contribution in [0.4, 0.5) is 21.7 Å². The minimum Gasteiger partial charge on any atom is -0.393 e. The minimum atomic E-state index is -0.759. The first kappa shape index (κ1) is 22.4. The molecule has 2 aromatic rings. The average Bonchev–Trinajstić information content (AvgIpc) is 2.76. The van der Waals surface area contributed by atoms with Crippen LogP contribution in [0.2, 0.25) is 0 Å². The zero-order valence-corrected chi connectivity index (χ0v) is 17.5. The van der Waals surface area contributed by atoms with Gasteiger partial charge in [-0.2, -0.15) is 0 Å². The number of rotatable bonds is 7. The number of halogens is 1. The Bertz CT molecular complexity index is 976. The number of carbonyl (C=O) groups excluding carboxylic acids is 2. The van der Waals surface area contributed by atoms with Crippen molar-refractivity contribution in [3.8, 4) is 0 Å². The molecule has 0 aliphatic heterocycles. The number of primary amides is 1. The van der Waals surface area contributed by atoms with Gasteiger partial charge in [0, 0.05) is 18.8 Å². The van der Waals surface area contributed by atoms with Crippen molar-refractivity contribution in [2.45, 2.75) is 51.2 Å². The van der Waals surface area contributed by atoms with Gasteiger partial charge in [0.1, 0.15) is 11.6 Å². The molecule has 1 aromatic carbocycles. The van der Waals surface area contributed by atoms with Gasteiger partial charge in [0.2, 0.25) is 0 Å². The van der Waals surface area contributed by atoms with Crippen LogP contribution in [0.5, 0.6) is 0 Å². The lowest BCUT2D eigenvalue weighted by Gasteiger charge is -2.27. The van der Waals surface area contributed by atoms with Gasteiger partial charge in [0.05, 0.1) is 17.4 Å². The van der Waals surface area contributed by atoms with E-state index in [1.54, 1.807) is 0 Å². The molecule has 0 unspecified atom stereocenters. The molecular formula is C21H27FN6O3. The summed E-state index contributed by atoms with van der Waals surface area (Å²) in [5.41, 5.74) is 6.26. The normalized spacial score (nSPS) is 18.3. The van der Waals surface area contributed by atoms with Crippen LogP contribution in [0.25, 0.3) is 0 Å². The number of hydrogen-bond donors (Lipinski definition) is 5. The van der Waals surface area contributed by atoms with E-state index < -0.39 is 17.6 Å². The molecule has 0 saturated heterocycles. The molecule has 166 valence electrons. The maximum atomic E-state index is 14.0. The summed E-state index contributed by atoms with van der Waals surface area (Å²) >= 11 is 0. The molecule has 10 heteroatoms. The first-order chi connectivity index (χ1) is 14.8. The van der Waals surface area contributed by atoms with Gasteiger partial charge in [-0.25, -0.2) is 14.4 Å². The Labute approximate surface area is 179 Å². The molecule has 31 heavy (non-hydrogen) atoms. The molecule has 3 rings (SSSR count). The molecule has 6 N–H and O–H groups in total. The molecule has 1 heterocycles. The van der Waals surface area contributed by atoms with Crippen molar-refractivity contribution in [3.63, 3.8) is 0 Å². The molecule has 1 aliphatic carbocycles. The van der Waals surface area contributed by atoms with E-state index in [9.17, 15) is 19.1 Å². The highest BCUT2D eigenvalue weighted by atomic mass is 19.1. The van der Waals surface area contributed by atoms with Gasteiger partial charge in [0.15, 0.2) is 11.5 Å². The third-order valence-corrected chi connectivity index (χ3v) is 5.27. The van der Waals surface area contributed by atoms with E-state index in [-0.39, 0.29) is 29.2 Å². The maximum absolute atomic E-state index is 14.0. The Balaban J connectivity index is 1.95. The van der Waals surface area contributed by atoms with Crippen molar-refractivity contribution in [3.05, 3.63) is 41.0 Å². The fraction of sp³-hybridized carbons (Fsp3) is 0.429. The van der Waals surface area contributed by atoms with Crippen molar-refractivity contribution in [2.24, 2.45) is 5.73 Å². The summed E-state index contributed by atoms with van der Waals surface area (Å²) in [6.45, 7) is 1.90. The van der Waals surface area contributed by atoms with Crippen molar-refractivity contribution < 1.29 is 19.1 Å². The fourth-order valence-electron chi connectivity index (χ4n) is 3.55. The van der Waals surface area contributed by atoms with Crippen LogP contribution >= 0.6 is 0 Å². The zero-order chi connectivity index (χ0) is 22.5. The van der Waals surface area contributed by atoms with Gasteiger partial charge in [-0.1, -0.05) is 6.92 Å². The van der Waals surface area contributed by atoms with Crippen LogP contribution in [0.3, 0.4) is 0 Å². The molecule has 0 atom stereocenters. The first-order valence-electron chi connectivity index (χ1n) is 10.3. The average molecular weight is 430 g/mol. The number of aliphatic hydroxyl groups is 1. The van der Waals surface area contributed by atoms with Gasteiger partial charge in [-0.3, -0.25) is 9.59 Å². The maximum Gasteiger partial charge on any atom is 0.271 e. The molecule has 1 aromatic heterocycles. The molecule has 9 nitrogen and oxygen atoms in total. The molecular weight excluding hydrogens is 403 g/mol. The second-order valence-corrected chi connectivity index (χ2v) is 7.48. The second-order valence-electron chi connectivity index (χ2n) is 7.48. The topological polar surface area (TPSA) is 142 Å². The molecule has 0 bridgehead atoms. The van der Waals surface area contributed by atoms with Crippen molar-refractivity contribution in [1.29, 1.82) is 0 Å². The van der Waals surface area contributed by atoms with E-state index in [1.165, 1.54) is 19.2 Å². The molecule has 1 saturated carbocycles. The fourth-order valence-corrected chi connectivity index (χ4v) is 3.55. The van der Waals surface area contributed by atoms with Gasteiger partial charge >= 0.3 is 0 Å². The summed E-state index contributed by atoms with van der Waals surface area (Å²) in [7, 11) is 1.41. The third-order valence-electron chi connectivity index (χ3n) is 5.27. The minimum absolute atomic E-state index is 0.0488. The highest BCUT2D eigenvalue weighted by molar-refractivity contribution is 5.97. The van der Waals surface area contributed by atoms with Gasteiger partial charge < -0.3 is 26.8 Å². The van der Waals surface area contributed by atoms with E-state index in [0.717, 1.165) is 18.9 Å². The van der Waals surface area contributed by atoms with Gasteiger partial charge in [0.25, 0.3) is 11.8 Å². The summed E-state index contributed by atoms with van der Waals surface area (Å²) in [6.07, 6.45) is 3.24. The van der Waals surface area contributed by atoms with Crippen molar-refractivity contribution in [1.82, 2.24) is 15.3 Å². The predicted octanol–water partition coefficient (Wildman–Crippen LogP) is 2.10. The molecule has 1 aliphatic rings. The number of hydrogen-bond acceptors (Lipinski definition) is 7. The molecule has 0 radical (unpaired) electrons. The highest BCUT2D eigenvalue weighted by Gasteiger charge is 2.23. The molecule has 0 spiro atoms. The van der Waals surface area contributed by atoms with E-state index in [2.05, 4.69) is 25.9 Å². The summed E-state index contributed by atoms with van der Waals surface area (Å²) in [5, 5.41) is 18.4.